The zero-order valence-electron chi connectivity index (χ0n) is 7.39. The molecule has 0 aliphatic rings. The number of rotatable bonds is 3. The predicted molar refractivity (Wildman–Crippen MR) is 47.4 cm³/mol. The summed E-state index contributed by atoms with van der Waals surface area (Å²) in [5.74, 6) is 0.624. The van der Waals surface area contributed by atoms with E-state index in [2.05, 4.69) is 30.2 Å². The van der Waals surface area contributed by atoms with Gasteiger partial charge in [-0.15, -0.1) is 0 Å². The zero-order chi connectivity index (χ0) is 8.27. The second kappa shape index (κ2) is 3.58. The minimum absolute atomic E-state index is 0.449. The van der Waals surface area contributed by atoms with E-state index in [1.54, 1.807) is 0 Å². The Bertz CT molecular complexity index is 189. The summed E-state index contributed by atoms with van der Waals surface area (Å²) in [6.45, 7) is 4.42. The second-order valence-electron chi connectivity index (χ2n) is 3.14. The van der Waals surface area contributed by atoms with Gasteiger partial charge < -0.3 is 10.3 Å². The SMILES string of the molecule is CNC(c1ccc[nH]1)C(C)C. The summed E-state index contributed by atoms with van der Waals surface area (Å²) >= 11 is 0. The van der Waals surface area contributed by atoms with Crippen molar-refractivity contribution >= 4 is 0 Å². The third-order valence-electron chi connectivity index (χ3n) is 1.93. The van der Waals surface area contributed by atoms with Gasteiger partial charge in [-0.05, 0) is 25.1 Å². The lowest BCUT2D eigenvalue weighted by atomic mass is 10.0. The van der Waals surface area contributed by atoms with E-state index in [-0.39, 0.29) is 0 Å². The molecule has 0 saturated carbocycles. The lowest BCUT2D eigenvalue weighted by molar-refractivity contribution is 0.435. The molecule has 1 atom stereocenters. The molecule has 1 aromatic rings. The molecule has 11 heavy (non-hydrogen) atoms. The third-order valence-corrected chi connectivity index (χ3v) is 1.93. The van der Waals surface area contributed by atoms with Crippen LogP contribution >= 0.6 is 0 Å². The lowest BCUT2D eigenvalue weighted by Crippen LogP contribution is -2.21. The average molecular weight is 152 g/mol. The minimum atomic E-state index is 0.449. The first kappa shape index (κ1) is 8.34. The topological polar surface area (TPSA) is 27.8 Å². The summed E-state index contributed by atoms with van der Waals surface area (Å²) in [6, 6.07) is 4.59. The van der Waals surface area contributed by atoms with Gasteiger partial charge in [-0.1, -0.05) is 13.8 Å². The molecule has 0 aliphatic carbocycles. The molecule has 1 rings (SSSR count). The first-order valence-electron chi connectivity index (χ1n) is 4.06. The molecule has 2 heteroatoms. The van der Waals surface area contributed by atoms with Crippen molar-refractivity contribution in [2.75, 3.05) is 7.05 Å². The Labute approximate surface area is 68.0 Å². The quantitative estimate of drug-likeness (QED) is 0.680. The summed E-state index contributed by atoms with van der Waals surface area (Å²) in [7, 11) is 1.99. The van der Waals surface area contributed by atoms with Crippen molar-refractivity contribution in [2.45, 2.75) is 19.9 Å². The van der Waals surface area contributed by atoms with E-state index >= 15 is 0 Å². The Hall–Kier alpha value is -0.760. The van der Waals surface area contributed by atoms with Crippen LogP contribution in [0.4, 0.5) is 0 Å². The van der Waals surface area contributed by atoms with Crippen LogP contribution in [0.25, 0.3) is 0 Å². The summed E-state index contributed by atoms with van der Waals surface area (Å²) in [6.07, 6.45) is 1.96. The van der Waals surface area contributed by atoms with Gasteiger partial charge in [0.15, 0.2) is 0 Å². The molecule has 62 valence electrons. The normalized spacial score (nSPS) is 13.8. The molecule has 0 aliphatic heterocycles. The van der Waals surface area contributed by atoms with Crippen LogP contribution in [0, 0.1) is 5.92 Å². The van der Waals surface area contributed by atoms with E-state index in [1.165, 1.54) is 5.69 Å². The van der Waals surface area contributed by atoms with Crippen molar-refractivity contribution in [3.8, 4) is 0 Å². The smallest absolute Gasteiger partial charge is 0.0493 e. The number of hydrogen-bond acceptors (Lipinski definition) is 1. The van der Waals surface area contributed by atoms with Crippen LogP contribution in [0.15, 0.2) is 18.3 Å². The second-order valence-corrected chi connectivity index (χ2v) is 3.14. The summed E-state index contributed by atoms with van der Waals surface area (Å²) in [4.78, 5) is 3.21. The summed E-state index contributed by atoms with van der Waals surface area (Å²) in [5.41, 5.74) is 1.27. The van der Waals surface area contributed by atoms with Crippen LogP contribution in [-0.2, 0) is 0 Å². The van der Waals surface area contributed by atoms with E-state index in [4.69, 9.17) is 0 Å². The first-order chi connectivity index (χ1) is 5.25. The fourth-order valence-electron chi connectivity index (χ4n) is 1.39. The van der Waals surface area contributed by atoms with Gasteiger partial charge in [-0.3, -0.25) is 0 Å². The highest BCUT2D eigenvalue weighted by molar-refractivity contribution is 5.09. The van der Waals surface area contributed by atoms with Gasteiger partial charge in [-0.25, -0.2) is 0 Å². The molecule has 0 saturated heterocycles. The highest BCUT2D eigenvalue weighted by atomic mass is 14.9. The van der Waals surface area contributed by atoms with Crippen molar-refractivity contribution in [2.24, 2.45) is 5.92 Å². The summed E-state index contributed by atoms with van der Waals surface area (Å²) in [5, 5.41) is 3.27. The minimum Gasteiger partial charge on any atom is -0.364 e. The molecule has 2 nitrogen and oxygen atoms in total. The van der Waals surface area contributed by atoms with Gasteiger partial charge in [0.1, 0.15) is 0 Å². The Morgan fingerprint density at radius 1 is 1.45 bits per heavy atom. The van der Waals surface area contributed by atoms with Crippen molar-refractivity contribution in [1.82, 2.24) is 10.3 Å². The standard InChI is InChI=1S/C9H16N2/c1-7(2)9(10-3)8-5-4-6-11-8/h4-7,9-11H,1-3H3. The largest absolute Gasteiger partial charge is 0.364 e. The molecular weight excluding hydrogens is 136 g/mol. The highest BCUT2D eigenvalue weighted by Crippen LogP contribution is 2.18. The van der Waals surface area contributed by atoms with Gasteiger partial charge in [0.05, 0.1) is 0 Å². The number of H-pyrrole nitrogens is 1. The fourth-order valence-corrected chi connectivity index (χ4v) is 1.39. The van der Waals surface area contributed by atoms with E-state index < -0.39 is 0 Å². The molecule has 0 fully saturated rings. The summed E-state index contributed by atoms with van der Waals surface area (Å²) < 4.78 is 0. The predicted octanol–water partition coefficient (Wildman–Crippen LogP) is 1.93. The zero-order valence-corrected chi connectivity index (χ0v) is 7.39. The Kier molecular flexibility index (Phi) is 2.71. The Morgan fingerprint density at radius 2 is 2.18 bits per heavy atom. The highest BCUT2D eigenvalue weighted by Gasteiger charge is 2.12. The van der Waals surface area contributed by atoms with Crippen molar-refractivity contribution in [1.29, 1.82) is 0 Å². The first-order valence-corrected chi connectivity index (χ1v) is 4.06. The van der Waals surface area contributed by atoms with Gasteiger partial charge >= 0.3 is 0 Å². The van der Waals surface area contributed by atoms with E-state index in [1.807, 2.05) is 19.3 Å². The molecule has 0 radical (unpaired) electrons. The third kappa shape index (κ3) is 1.84. The van der Waals surface area contributed by atoms with Crippen LogP contribution < -0.4 is 5.32 Å². The molecule has 1 unspecified atom stereocenters. The maximum absolute atomic E-state index is 3.27. The molecule has 2 N–H and O–H groups in total. The Morgan fingerprint density at radius 3 is 2.55 bits per heavy atom. The van der Waals surface area contributed by atoms with Crippen molar-refractivity contribution in [3.05, 3.63) is 24.0 Å². The van der Waals surface area contributed by atoms with Gasteiger partial charge in [0.2, 0.25) is 0 Å². The lowest BCUT2D eigenvalue weighted by Gasteiger charge is -2.18. The average Bonchev–Trinajstić information content (AvgIpc) is 2.40. The van der Waals surface area contributed by atoms with Crippen LogP contribution in [0.3, 0.4) is 0 Å². The number of hydrogen-bond donors (Lipinski definition) is 2. The molecular formula is C9H16N2. The van der Waals surface area contributed by atoms with E-state index in [0.717, 1.165) is 0 Å². The number of aromatic amines is 1. The van der Waals surface area contributed by atoms with Gasteiger partial charge in [0.25, 0.3) is 0 Å². The van der Waals surface area contributed by atoms with E-state index in [0.29, 0.717) is 12.0 Å². The van der Waals surface area contributed by atoms with Crippen LogP contribution in [0.1, 0.15) is 25.6 Å². The molecule has 0 spiro atoms. The van der Waals surface area contributed by atoms with Crippen LogP contribution in [-0.4, -0.2) is 12.0 Å². The number of nitrogens with one attached hydrogen (secondary N) is 2. The fraction of sp³-hybridized carbons (Fsp3) is 0.556. The van der Waals surface area contributed by atoms with Crippen molar-refractivity contribution in [3.63, 3.8) is 0 Å². The van der Waals surface area contributed by atoms with Crippen molar-refractivity contribution < 1.29 is 0 Å². The molecule has 0 aromatic carbocycles. The molecule has 1 aromatic heterocycles. The number of aromatic nitrogens is 1. The maximum Gasteiger partial charge on any atom is 0.0493 e. The van der Waals surface area contributed by atoms with Gasteiger partial charge in [0, 0.05) is 17.9 Å². The van der Waals surface area contributed by atoms with Crippen LogP contribution in [0.2, 0.25) is 0 Å². The molecule has 1 heterocycles. The van der Waals surface area contributed by atoms with E-state index in [9.17, 15) is 0 Å². The maximum atomic E-state index is 3.27. The monoisotopic (exact) mass is 152 g/mol. The molecule has 0 bridgehead atoms. The van der Waals surface area contributed by atoms with Crippen LogP contribution in [0.5, 0.6) is 0 Å². The molecule has 0 amide bonds. The van der Waals surface area contributed by atoms with Gasteiger partial charge in [-0.2, -0.15) is 0 Å². The Balaban J connectivity index is 2.71.